The molecule has 0 N–H and O–H groups in total. The van der Waals surface area contributed by atoms with Crippen molar-refractivity contribution >= 4 is 33.6 Å². The standard InChI is InChI=1S/C15H17BrN4O2S/c1-22-6-5-20-14(21)10-23-15(20)13-9-19(18-17-13)8-11-3-2-4-12(16)7-11/h2-4,7,9,15H,5-6,8,10H2,1H3/t15-/m1/s1. The molecule has 1 aromatic heterocycles. The summed E-state index contributed by atoms with van der Waals surface area (Å²) in [6, 6.07) is 8.09. The highest BCUT2D eigenvalue weighted by molar-refractivity contribution is 9.10. The van der Waals surface area contributed by atoms with Gasteiger partial charge >= 0.3 is 0 Å². The molecule has 0 unspecified atom stereocenters. The lowest BCUT2D eigenvalue weighted by Crippen LogP contribution is -2.31. The Bertz CT molecular complexity index is 694. The van der Waals surface area contributed by atoms with Crippen LogP contribution < -0.4 is 0 Å². The number of rotatable bonds is 6. The van der Waals surface area contributed by atoms with E-state index in [0.29, 0.717) is 25.4 Å². The quantitative estimate of drug-likeness (QED) is 0.749. The van der Waals surface area contributed by atoms with Gasteiger partial charge in [0.2, 0.25) is 5.91 Å². The van der Waals surface area contributed by atoms with Crippen LogP contribution in [0.2, 0.25) is 0 Å². The number of ether oxygens (including phenoxy) is 1. The Hall–Kier alpha value is -1.38. The van der Waals surface area contributed by atoms with Gasteiger partial charge in [-0.3, -0.25) is 4.79 Å². The lowest BCUT2D eigenvalue weighted by molar-refractivity contribution is -0.128. The summed E-state index contributed by atoms with van der Waals surface area (Å²) in [5.41, 5.74) is 1.95. The van der Waals surface area contributed by atoms with Crippen LogP contribution in [0.3, 0.4) is 0 Å². The molecule has 1 aromatic carbocycles. The topological polar surface area (TPSA) is 60.2 Å². The van der Waals surface area contributed by atoms with Crippen LogP contribution in [0, 0.1) is 0 Å². The Balaban J connectivity index is 1.72. The van der Waals surface area contributed by atoms with Gasteiger partial charge in [0.05, 0.1) is 25.1 Å². The molecule has 2 heterocycles. The minimum Gasteiger partial charge on any atom is -0.383 e. The van der Waals surface area contributed by atoms with Crippen molar-refractivity contribution in [3.8, 4) is 0 Å². The van der Waals surface area contributed by atoms with Crippen LogP contribution in [0.25, 0.3) is 0 Å². The highest BCUT2D eigenvalue weighted by Crippen LogP contribution is 2.37. The van der Waals surface area contributed by atoms with E-state index in [1.54, 1.807) is 23.6 Å². The molecule has 0 radical (unpaired) electrons. The first-order valence-corrected chi connectivity index (χ1v) is 9.06. The molecule has 6 nitrogen and oxygen atoms in total. The maximum absolute atomic E-state index is 12.0. The lowest BCUT2D eigenvalue weighted by Gasteiger charge is -2.21. The summed E-state index contributed by atoms with van der Waals surface area (Å²) in [5.74, 6) is 0.603. The molecule has 2 aromatic rings. The van der Waals surface area contributed by atoms with Crippen molar-refractivity contribution in [2.45, 2.75) is 11.9 Å². The molecule has 23 heavy (non-hydrogen) atoms. The molecular weight excluding hydrogens is 380 g/mol. The zero-order chi connectivity index (χ0) is 16.2. The molecule has 1 aliphatic heterocycles. The molecule has 0 saturated carbocycles. The number of amides is 1. The maximum atomic E-state index is 12.0. The number of benzene rings is 1. The number of halogens is 1. The van der Waals surface area contributed by atoms with Crippen molar-refractivity contribution in [2.24, 2.45) is 0 Å². The largest absolute Gasteiger partial charge is 0.383 e. The third kappa shape index (κ3) is 3.94. The first-order chi connectivity index (χ1) is 11.2. The van der Waals surface area contributed by atoms with Crippen LogP contribution in [-0.2, 0) is 16.1 Å². The van der Waals surface area contributed by atoms with Crippen molar-refractivity contribution in [3.05, 3.63) is 46.2 Å². The summed E-state index contributed by atoms with van der Waals surface area (Å²) in [7, 11) is 1.64. The van der Waals surface area contributed by atoms with Crippen LogP contribution in [0.1, 0.15) is 16.6 Å². The van der Waals surface area contributed by atoms with Gasteiger partial charge in [0.1, 0.15) is 11.1 Å². The number of methoxy groups -OCH3 is 1. The molecule has 1 atom stereocenters. The van der Waals surface area contributed by atoms with Crippen LogP contribution >= 0.6 is 27.7 Å². The Labute approximate surface area is 147 Å². The Morgan fingerprint density at radius 3 is 3.13 bits per heavy atom. The fourth-order valence-corrected chi connectivity index (χ4v) is 4.05. The zero-order valence-electron chi connectivity index (χ0n) is 12.7. The molecule has 122 valence electrons. The maximum Gasteiger partial charge on any atom is 0.233 e. The lowest BCUT2D eigenvalue weighted by atomic mass is 10.2. The zero-order valence-corrected chi connectivity index (χ0v) is 15.1. The van der Waals surface area contributed by atoms with Gasteiger partial charge in [-0.05, 0) is 17.7 Å². The van der Waals surface area contributed by atoms with Crippen LogP contribution in [-0.4, -0.2) is 51.8 Å². The second kappa shape index (κ2) is 7.46. The molecule has 0 spiro atoms. The fourth-order valence-electron chi connectivity index (χ4n) is 2.46. The van der Waals surface area contributed by atoms with Gasteiger partial charge in [0.15, 0.2) is 0 Å². The van der Waals surface area contributed by atoms with Gasteiger partial charge in [-0.1, -0.05) is 33.3 Å². The average Bonchev–Trinajstić information content (AvgIpc) is 3.12. The Kier molecular flexibility index (Phi) is 5.34. The van der Waals surface area contributed by atoms with Crippen molar-refractivity contribution in [1.29, 1.82) is 0 Å². The first-order valence-electron chi connectivity index (χ1n) is 7.22. The summed E-state index contributed by atoms with van der Waals surface area (Å²) in [6.07, 6.45) is 1.91. The number of thioether (sulfide) groups is 1. The molecule has 0 aliphatic carbocycles. The number of nitrogens with zero attached hydrogens (tertiary/aromatic N) is 4. The van der Waals surface area contributed by atoms with E-state index in [1.807, 2.05) is 29.3 Å². The van der Waals surface area contributed by atoms with Crippen molar-refractivity contribution in [3.63, 3.8) is 0 Å². The third-order valence-corrected chi connectivity index (χ3v) is 5.27. The highest BCUT2D eigenvalue weighted by atomic mass is 79.9. The molecule has 1 aliphatic rings. The molecule has 1 saturated heterocycles. The van der Waals surface area contributed by atoms with Crippen molar-refractivity contribution < 1.29 is 9.53 Å². The van der Waals surface area contributed by atoms with E-state index in [2.05, 4.69) is 32.3 Å². The van der Waals surface area contributed by atoms with Crippen LogP contribution in [0.4, 0.5) is 0 Å². The summed E-state index contributed by atoms with van der Waals surface area (Å²) >= 11 is 5.05. The Morgan fingerprint density at radius 1 is 1.48 bits per heavy atom. The van der Waals surface area contributed by atoms with E-state index in [1.165, 1.54) is 0 Å². The third-order valence-electron chi connectivity index (χ3n) is 3.55. The van der Waals surface area contributed by atoms with Gasteiger partial charge in [-0.25, -0.2) is 4.68 Å². The van der Waals surface area contributed by atoms with E-state index < -0.39 is 0 Å². The summed E-state index contributed by atoms with van der Waals surface area (Å²) in [5, 5.41) is 8.37. The van der Waals surface area contributed by atoms with Gasteiger partial charge in [-0.15, -0.1) is 16.9 Å². The smallest absolute Gasteiger partial charge is 0.233 e. The molecule has 0 bridgehead atoms. The number of carbonyl (C=O) groups is 1. The van der Waals surface area contributed by atoms with Crippen LogP contribution in [0.15, 0.2) is 34.9 Å². The van der Waals surface area contributed by atoms with Gasteiger partial charge in [-0.2, -0.15) is 0 Å². The predicted molar refractivity (Wildman–Crippen MR) is 92.1 cm³/mol. The first kappa shape index (κ1) is 16.5. The average molecular weight is 397 g/mol. The van der Waals surface area contributed by atoms with E-state index in [0.717, 1.165) is 15.7 Å². The molecular formula is C15H17BrN4O2S. The van der Waals surface area contributed by atoms with Crippen LogP contribution in [0.5, 0.6) is 0 Å². The number of carbonyl (C=O) groups excluding carboxylic acids is 1. The van der Waals surface area contributed by atoms with E-state index >= 15 is 0 Å². The van der Waals surface area contributed by atoms with Gasteiger partial charge < -0.3 is 9.64 Å². The number of aromatic nitrogens is 3. The minimum absolute atomic E-state index is 0.0751. The van der Waals surface area contributed by atoms with Crippen molar-refractivity contribution in [2.75, 3.05) is 26.0 Å². The summed E-state index contributed by atoms with van der Waals surface area (Å²) < 4.78 is 7.92. The Morgan fingerprint density at radius 2 is 2.35 bits per heavy atom. The number of hydrogen-bond acceptors (Lipinski definition) is 5. The molecule has 1 amide bonds. The van der Waals surface area contributed by atoms with Crippen molar-refractivity contribution in [1.82, 2.24) is 19.9 Å². The monoisotopic (exact) mass is 396 g/mol. The van der Waals surface area contributed by atoms with E-state index in [9.17, 15) is 4.79 Å². The summed E-state index contributed by atoms with van der Waals surface area (Å²) in [6.45, 7) is 1.75. The second-order valence-electron chi connectivity index (χ2n) is 5.21. The molecule has 8 heteroatoms. The minimum atomic E-state index is -0.0751. The molecule has 3 rings (SSSR count). The highest BCUT2D eigenvalue weighted by Gasteiger charge is 2.34. The van der Waals surface area contributed by atoms with Gasteiger partial charge in [0, 0.05) is 18.1 Å². The van der Waals surface area contributed by atoms with E-state index in [-0.39, 0.29) is 11.3 Å². The fraction of sp³-hybridized carbons (Fsp3) is 0.400. The second-order valence-corrected chi connectivity index (χ2v) is 7.20. The van der Waals surface area contributed by atoms with Gasteiger partial charge in [0.25, 0.3) is 0 Å². The SMILES string of the molecule is COCCN1C(=O)CS[C@@H]1c1cn(Cc2cccc(Br)c2)nn1. The normalized spacial score (nSPS) is 17.9. The number of hydrogen-bond donors (Lipinski definition) is 0. The predicted octanol–water partition coefficient (Wildman–Crippen LogP) is 2.31. The summed E-state index contributed by atoms with van der Waals surface area (Å²) in [4.78, 5) is 13.8. The molecule has 1 fully saturated rings. The van der Waals surface area contributed by atoms with E-state index in [4.69, 9.17) is 4.74 Å².